The zero-order valence-electron chi connectivity index (χ0n) is 14.9. The van der Waals surface area contributed by atoms with Gasteiger partial charge >= 0.3 is 0 Å². The van der Waals surface area contributed by atoms with Gasteiger partial charge in [-0.2, -0.15) is 0 Å². The summed E-state index contributed by atoms with van der Waals surface area (Å²) < 4.78 is 11.6. The summed E-state index contributed by atoms with van der Waals surface area (Å²) in [5.41, 5.74) is 2.07. The van der Waals surface area contributed by atoms with E-state index in [0.717, 1.165) is 42.8 Å². The summed E-state index contributed by atoms with van der Waals surface area (Å²) in [7, 11) is 0. The molecule has 0 radical (unpaired) electrons. The molecule has 0 aliphatic carbocycles. The van der Waals surface area contributed by atoms with Crippen LogP contribution in [0.2, 0.25) is 10.0 Å². The van der Waals surface area contributed by atoms with E-state index in [1.165, 1.54) is 0 Å². The lowest BCUT2D eigenvalue weighted by Gasteiger charge is -2.14. The van der Waals surface area contributed by atoms with E-state index in [0.29, 0.717) is 29.0 Å². The Kier molecular flexibility index (Phi) is 9.06. The minimum Gasteiger partial charge on any atom is -0.490 e. The van der Waals surface area contributed by atoms with E-state index in [2.05, 4.69) is 5.32 Å². The summed E-state index contributed by atoms with van der Waals surface area (Å²) in [6.45, 7) is 4.76. The van der Waals surface area contributed by atoms with Crippen molar-refractivity contribution in [2.24, 2.45) is 0 Å². The molecule has 0 amide bonds. The maximum atomic E-state index is 8.80. The quantitative estimate of drug-likeness (QED) is 0.532. The summed E-state index contributed by atoms with van der Waals surface area (Å²) in [5, 5.41) is 13.2. The fourth-order valence-corrected chi connectivity index (χ4v) is 2.76. The van der Waals surface area contributed by atoms with Crippen molar-refractivity contribution in [2.45, 2.75) is 32.9 Å². The van der Waals surface area contributed by atoms with E-state index < -0.39 is 0 Å². The Bertz CT molecular complexity index is 695. The van der Waals surface area contributed by atoms with Gasteiger partial charge in [0, 0.05) is 13.2 Å². The van der Waals surface area contributed by atoms with Crippen molar-refractivity contribution in [2.75, 3.05) is 19.8 Å². The van der Waals surface area contributed by atoms with Crippen LogP contribution in [0.4, 0.5) is 0 Å². The lowest BCUT2D eigenvalue weighted by molar-refractivity contribution is 0.269. The maximum Gasteiger partial charge on any atom is 0.161 e. The van der Waals surface area contributed by atoms with E-state index >= 15 is 0 Å². The Labute approximate surface area is 165 Å². The molecular formula is C20H25Cl2NO3. The largest absolute Gasteiger partial charge is 0.490 e. The Hall–Kier alpha value is -1.46. The van der Waals surface area contributed by atoms with Crippen LogP contribution in [-0.2, 0) is 13.2 Å². The van der Waals surface area contributed by atoms with Gasteiger partial charge in [-0.1, -0.05) is 35.3 Å². The molecule has 142 valence electrons. The monoisotopic (exact) mass is 397 g/mol. The summed E-state index contributed by atoms with van der Waals surface area (Å²) in [4.78, 5) is 0. The zero-order valence-corrected chi connectivity index (χ0v) is 16.4. The molecule has 0 heterocycles. The van der Waals surface area contributed by atoms with Crippen molar-refractivity contribution in [1.29, 1.82) is 0 Å². The molecule has 2 aromatic carbocycles. The van der Waals surface area contributed by atoms with E-state index in [1.54, 1.807) is 12.1 Å². The van der Waals surface area contributed by atoms with Crippen LogP contribution < -0.4 is 14.8 Å². The molecule has 0 unspecified atom stereocenters. The Morgan fingerprint density at radius 1 is 0.923 bits per heavy atom. The van der Waals surface area contributed by atoms with E-state index in [1.807, 2.05) is 31.2 Å². The molecule has 4 nitrogen and oxygen atoms in total. The number of rotatable bonds is 11. The fourth-order valence-electron chi connectivity index (χ4n) is 2.44. The molecule has 2 N–H and O–H groups in total. The van der Waals surface area contributed by atoms with Gasteiger partial charge in [-0.3, -0.25) is 0 Å². The van der Waals surface area contributed by atoms with Crippen LogP contribution in [0.3, 0.4) is 0 Å². The van der Waals surface area contributed by atoms with Crippen molar-refractivity contribution in [3.63, 3.8) is 0 Å². The van der Waals surface area contributed by atoms with E-state index in [9.17, 15) is 0 Å². The minimum atomic E-state index is 0.237. The van der Waals surface area contributed by atoms with E-state index in [4.69, 9.17) is 37.8 Å². The van der Waals surface area contributed by atoms with Gasteiger partial charge in [0.05, 0.1) is 16.7 Å². The lowest BCUT2D eigenvalue weighted by atomic mass is 10.2. The molecule has 0 aliphatic heterocycles. The summed E-state index contributed by atoms with van der Waals surface area (Å²) in [6.07, 6.45) is 1.78. The number of hydrogen-bond donors (Lipinski definition) is 2. The zero-order chi connectivity index (χ0) is 18.8. The second kappa shape index (κ2) is 11.3. The first-order valence-corrected chi connectivity index (χ1v) is 9.53. The summed E-state index contributed by atoms with van der Waals surface area (Å²) >= 11 is 12.0. The van der Waals surface area contributed by atoms with Crippen molar-refractivity contribution in [3.8, 4) is 11.5 Å². The van der Waals surface area contributed by atoms with Gasteiger partial charge in [-0.25, -0.2) is 0 Å². The average molecular weight is 398 g/mol. The van der Waals surface area contributed by atoms with Crippen LogP contribution in [0.5, 0.6) is 11.5 Å². The second-order valence-corrected chi connectivity index (χ2v) is 6.67. The standard InChI is InChI=1S/C20H25Cl2NO3/c1-2-25-20-12-15(13-23-9-3-4-10-24)6-8-19(20)26-14-16-5-7-17(21)18(22)11-16/h5-8,11-12,23-24H,2-4,9-10,13-14H2,1H3. The molecule has 0 bridgehead atoms. The highest BCUT2D eigenvalue weighted by molar-refractivity contribution is 6.42. The Balaban J connectivity index is 1.97. The van der Waals surface area contributed by atoms with Crippen molar-refractivity contribution >= 4 is 23.2 Å². The highest BCUT2D eigenvalue weighted by atomic mass is 35.5. The number of aliphatic hydroxyl groups is 1. The van der Waals surface area contributed by atoms with Gasteiger partial charge in [0.15, 0.2) is 11.5 Å². The van der Waals surface area contributed by atoms with Crippen molar-refractivity contribution < 1.29 is 14.6 Å². The average Bonchev–Trinajstić information content (AvgIpc) is 2.64. The van der Waals surface area contributed by atoms with Crippen LogP contribution in [-0.4, -0.2) is 24.9 Å². The number of nitrogens with one attached hydrogen (secondary N) is 1. The first kappa shape index (κ1) is 20.8. The SMILES string of the molecule is CCOc1cc(CNCCCCO)ccc1OCc1ccc(Cl)c(Cl)c1. The molecule has 2 rings (SSSR count). The molecule has 2 aromatic rings. The van der Waals surface area contributed by atoms with E-state index in [-0.39, 0.29) is 6.61 Å². The molecule has 0 saturated heterocycles. The van der Waals surface area contributed by atoms with Gasteiger partial charge < -0.3 is 19.9 Å². The number of ether oxygens (including phenoxy) is 2. The first-order valence-electron chi connectivity index (χ1n) is 8.78. The molecule has 0 atom stereocenters. The predicted octanol–water partition coefficient (Wildman–Crippen LogP) is 4.83. The Morgan fingerprint density at radius 3 is 2.46 bits per heavy atom. The van der Waals surface area contributed by atoms with Gasteiger partial charge in [-0.05, 0) is 61.7 Å². The third kappa shape index (κ3) is 6.69. The number of halogens is 2. The summed E-state index contributed by atoms with van der Waals surface area (Å²) in [6, 6.07) is 11.4. The minimum absolute atomic E-state index is 0.237. The van der Waals surface area contributed by atoms with Crippen LogP contribution in [0.15, 0.2) is 36.4 Å². The molecule has 6 heteroatoms. The highest BCUT2D eigenvalue weighted by Gasteiger charge is 2.08. The molecule has 0 spiro atoms. The van der Waals surface area contributed by atoms with Crippen LogP contribution >= 0.6 is 23.2 Å². The summed E-state index contributed by atoms with van der Waals surface area (Å²) in [5.74, 6) is 1.42. The first-order chi connectivity index (χ1) is 12.6. The molecule has 0 aliphatic rings. The van der Waals surface area contributed by atoms with Crippen LogP contribution in [0.1, 0.15) is 30.9 Å². The fraction of sp³-hybridized carbons (Fsp3) is 0.400. The third-order valence-corrected chi connectivity index (χ3v) is 4.52. The third-order valence-electron chi connectivity index (χ3n) is 3.78. The molecule has 26 heavy (non-hydrogen) atoms. The normalized spacial score (nSPS) is 10.8. The van der Waals surface area contributed by atoms with Crippen LogP contribution in [0, 0.1) is 0 Å². The van der Waals surface area contributed by atoms with Gasteiger partial charge in [0.1, 0.15) is 6.61 Å². The van der Waals surface area contributed by atoms with Crippen LogP contribution in [0.25, 0.3) is 0 Å². The van der Waals surface area contributed by atoms with Crippen molar-refractivity contribution in [3.05, 3.63) is 57.6 Å². The highest BCUT2D eigenvalue weighted by Crippen LogP contribution is 2.30. The maximum absolute atomic E-state index is 8.80. The predicted molar refractivity (Wildman–Crippen MR) is 106 cm³/mol. The smallest absolute Gasteiger partial charge is 0.161 e. The molecule has 0 aromatic heterocycles. The van der Waals surface area contributed by atoms with Gasteiger partial charge in [0.2, 0.25) is 0 Å². The molecular weight excluding hydrogens is 373 g/mol. The number of aliphatic hydroxyl groups excluding tert-OH is 1. The number of hydrogen-bond acceptors (Lipinski definition) is 4. The molecule has 0 fully saturated rings. The number of unbranched alkanes of at least 4 members (excludes halogenated alkanes) is 1. The second-order valence-electron chi connectivity index (χ2n) is 5.86. The van der Waals surface area contributed by atoms with Crippen molar-refractivity contribution in [1.82, 2.24) is 5.32 Å². The topological polar surface area (TPSA) is 50.7 Å². The lowest BCUT2D eigenvalue weighted by Crippen LogP contribution is -2.15. The number of benzene rings is 2. The molecule has 0 saturated carbocycles. The van der Waals surface area contributed by atoms with Gasteiger partial charge in [0.25, 0.3) is 0 Å². The van der Waals surface area contributed by atoms with Gasteiger partial charge in [-0.15, -0.1) is 0 Å². The Morgan fingerprint density at radius 2 is 1.73 bits per heavy atom.